The van der Waals surface area contributed by atoms with Gasteiger partial charge >= 0.3 is 5.97 Å². The van der Waals surface area contributed by atoms with Crippen molar-refractivity contribution in [2.45, 2.75) is 12.5 Å². The second-order valence-electron chi connectivity index (χ2n) is 3.12. The number of ether oxygens (including phenoxy) is 1. The van der Waals surface area contributed by atoms with E-state index in [1.807, 2.05) is 0 Å². The predicted molar refractivity (Wildman–Crippen MR) is 52.3 cm³/mol. The topological polar surface area (TPSA) is 72.5 Å². The molecule has 3 N–H and O–H groups in total. The summed E-state index contributed by atoms with van der Waals surface area (Å²) >= 11 is 0. The SMILES string of the molecule is COc1cc(CC(N)C(=O)O)ccc1F. The number of carbonyl (C=O) groups is 1. The molecule has 0 heterocycles. The van der Waals surface area contributed by atoms with E-state index in [0.29, 0.717) is 5.56 Å². The van der Waals surface area contributed by atoms with Gasteiger partial charge in [0.05, 0.1) is 7.11 Å². The van der Waals surface area contributed by atoms with Crippen LogP contribution in [-0.4, -0.2) is 24.2 Å². The number of carboxylic acid groups (broad SMARTS) is 1. The summed E-state index contributed by atoms with van der Waals surface area (Å²) in [5.41, 5.74) is 5.97. The summed E-state index contributed by atoms with van der Waals surface area (Å²) in [6.45, 7) is 0. The van der Waals surface area contributed by atoms with Crippen LogP contribution in [0.3, 0.4) is 0 Å². The third kappa shape index (κ3) is 2.92. The van der Waals surface area contributed by atoms with E-state index < -0.39 is 17.8 Å². The average molecular weight is 213 g/mol. The van der Waals surface area contributed by atoms with Crippen LogP contribution in [0.1, 0.15) is 5.56 Å². The molecule has 0 aliphatic rings. The van der Waals surface area contributed by atoms with E-state index >= 15 is 0 Å². The van der Waals surface area contributed by atoms with Gasteiger partial charge in [-0.05, 0) is 24.1 Å². The molecule has 0 aliphatic heterocycles. The van der Waals surface area contributed by atoms with Gasteiger partial charge in [-0.1, -0.05) is 6.07 Å². The van der Waals surface area contributed by atoms with Crippen molar-refractivity contribution in [3.05, 3.63) is 29.6 Å². The molecular formula is C10H12FNO3. The molecule has 15 heavy (non-hydrogen) atoms. The molecule has 0 amide bonds. The normalized spacial score (nSPS) is 12.2. The Morgan fingerprint density at radius 2 is 2.33 bits per heavy atom. The molecule has 4 nitrogen and oxygen atoms in total. The highest BCUT2D eigenvalue weighted by Crippen LogP contribution is 2.18. The van der Waals surface area contributed by atoms with Gasteiger partial charge in [0.25, 0.3) is 0 Å². The molecule has 0 fully saturated rings. The first kappa shape index (κ1) is 11.5. The summed E-state index contributed by atoms with van der Waals surface area (Å²) in [5, 5.41) is 8.59. The number of aliphatic carboxylic acids is 1. The largest absolute Gasteiger partial charge is 0.494 e. The van der Waals surface area contributed by atoms with Crippen LogP contribution in [0.15, 0.2) is 18.2 Å². The first-order valence-electron chi connectivity index (χ1n) is 4.35. The quantitative estimate of drug-likeness (QED) is 0.775. The standard InChI is InChI=1S/C10H12FNO3/c1-15-9-5-6(2-3-7(9)11)4-8(12)10(13)14/h2-3,5,8H,4,12H2,1H3,(H,13,14). The molecule has 1 rings (SSSR count). The van der Waals surface area contributed by atoms with Crippen molar-refractivity contribution in [2.75, 3.05) is 7.11 Å². The summed E-state index contributed by atoms with van der Waals surface area (Å²) in [4.78, 5) is 10.5. The van der Waals surface area contributed by atoms with Crippen molar-refractivity contribution in [1.29, 1.82) is 0 Å². The summed E-state index contributed by atoms with van der Waals surface area (Å²) in [6, 6.07) is 3.17. The van der Waals surface area contributed by atoms with E-state index in [1.165, 1.54) is 25.3 Å². The number of hydrogen-bond acceptors (Lipinski definition) is 3. The third-order valence-electron chi connectivity index (χ3n) is 1.99. The molecule has 1 aromatic rings. The molecule has 0 saturated carbocycles. The molecular weight excluding hydrogens is 201 g/mol. The number of hydrogen-bond donors (Lipinski definition) is 2. The maximum absolute atomic E-state index is 13.0. The molecule has 0 radical (unpaired) electrons. The number of carboxylic acids is 1. The zero-order valence-corrected chi connectivity index (χ0v) is 8.24. The Bertz CT molecular complexity index is 368. The predicted octanol–water partition coefficient (Wildman–Crippen LogP) is 0.789. The highest BCUT2D eigenvalue weighted by atomic mass is 19.1. The third-order valence-corrected chi connectivity index (χ3v) is 1.99. The highest BCUT2D eigenvalue weighted by Gasteiger charge is 2.13. The number of halogens is 1. The minimum atomic E-state index is -1.08. The Morgan fingerprint density at radius 3 is 2.87 bits per heavy atom. The lowest BCUT2D eigenvalue weighted by Crippen LogP contribution is -2.32. The van der Waals surface area contributed by atoms with E-state index in [-0.39, 0.29) is 12.2 Å². The maximum Gasteiger partial charge on any atom is 0.320 e. The second-order valence-corrected chi connectivity index (χ2v) is 3.12. The van der Waals surface area contributed by atoms with Crippen LogP contribution in [0.25, 0.3) is 0 Å². The monoisotopic (exact) mass is 213 g/mol. The van der Waals surface area contributed by atoms with Crippen LogP contribution < -0.4 is 10.5 Å². The average Bonchev–Trinajstić information content (AvgIpc) is 2.20. The van der Waals surface area contributed by atoms with Crippen molar-refractivity contribution in [3.8, 4) is 5.75 Å². The van der Waals surface area contributed by atoms with E-state index in [9.17, 15) is 9.18 Å². The van der Waals surface area contributed by atoms with Gasteiger partial charge in [-0.25, -0.2) is 4.39 Å². The Morgan fingerprint density at radius 1 is 1.67 bits per heavy atom. The molecule has 0 spiro atoms. The van der Waals surface area contributed by atoms with Gasteiger partial charge in [-0.15, -0.1) is 0 Å². The van der Waals surface area contributed by atoms with Gasteiger partial charge < -0.3 is 15.6 Å². The molecule has 1 atom stereocenters. The van der Waals surface area contributed by atoms with E-state index in [4.69, 9.17) is 15.6 Å². The van der Waals surface area contributed by atoms with Gasteiger partial charge in [0.2, 0.25) is 0 Å². The Kier molecular flexibility index (Phi) is 3.62. The zero-order chi connectivity index (χ0) is 11.4. The lowest BCUT2D eigenvalue weighted by atomic mass is 10.1. The van der Waals surface area contributed by atoms with Crippen molar-refractivity contribution in [3.63, 3.8) is 0 Å². The fourth-order valence-electron chi connectivity index (χ4n) is 1.17. The summed E-state index contributed by atoms with van der Waals surface area (Å²) < 4.78 is 17.8. The van der Waals surface area contributed by atoms with Crippen molar-refractivity contribution in [1.82, 2.24) is 0 Å². The van der Waals surface area contributed by atoms with E-state index in [2.05, 4.69) is 0 Å². The first-order chi connectivity index (χ1) is 7.04. The highest BCUT2D eigenvalue weighted by molar-refractivity contribution is 5.73. The van der Waals surface area contributed by atoms with Gasteiger partial charge in [-0.2, -0.15) is 0 Å². The van der Waals surface area contributed by atoms with E-state index in [0.717, 1.165) is 0 Å². The Balaban J connectivity index is 2.83. The van der Waals surface area contributed by atoms with Crippen LogP contribution in [0.4, 0.5) is 4.39 Å². The van der Waals surface area contributed by atoms with Gasteiger partial charge in [0, 0.05) is 0 Å². The fraction of sp³-hybridized carbons (Fsp3) is 0.300. The lowest BCUT2D eigenvalue weighted by molar-refractivity contribution is -0.138. The number of rotatable bonds is 4. The molecule has 0 aliphatic carbocycles. The summed E-state index contributed by atoms with van der Waals surface area (Å²) in [7, 11) is 1.35. The molecule has 0 aromatic heterocycles. The maximum atomic E-state index is 13.0. The molecule has 0 bridgehead atoms. The number of methoxy groups -OCH3 is 1. The molecule has 1 aromatic carbocycles. The van der Waals surface area contributed by atoms with Crippen molar-refractivity contribution in [2.24, 2.45) is 5.73 Å². The van der Waals surface area contributed by atoms with Gasteiger partial charge in [0.1, 0.15) is 6.04 Å². The van der Waals surface area contributed by atoms with Crippen LogP contribution >= 0.6 is 0 Å². The zero-order valence-electron chi connectivity index (χ0n) is 8.24. The Labute approximate surface area is 86.5 Å². The molecule has 0 saturated heterocycles. The number of benzene rings is 1. The Hall–Kier alpha value is -1.62. The minimum Gasteiger partial charge on any atom is -0.494 e. The van der Waals surface area contributed by atoms with Gasteiger partial charge in [0.15, 0.2) is 11.6 Å². The molecule has 82 valence electrons. The molecule has 1 unspecified atom stereocenters. The second kappa shape index (κ2) is 4.75. The van der Waals surface area contributed by atoms with Crippen LogP contribution in [0.5, 0.6) is 5.75 Å². The van der Waals surface area contributed by atoms with E-state index in [1.54, 1.807) is 0 Å². The van der Waals surface area contributed by atoms with Crippen molar-refractivity contribution < 1.29 is 19.0 Å². The smallest absolute Gasteiger partial charge is 0.320 e. The van der Waals surface area contributed by atoms with Gasteiger partial charge in [-0.3, -0.25) is 4.79 Å². The fourth-order valence-corrected chi connectivity index (χ4v) is 1.17. The van der Waals surface area contributed by atoms with Crippen LogP contribution in [-0.2, 0) is 11.2 Å². The minimum absolute atomic E-state index is 0.0880. The number of nitrogens with two attached hydrogens (primary N) is 1. The van der Waals surface area contributed by atoms with Crippen molar-refractivity contribution >= 4 is 5.97 Å². The lowest BCUT2D eigenvalue weighted by Gasteiger charge is -2.08. The molecule has 5 heteroatoms. The summed E-state index contributed by atoms with van der Waals surface area (Å²) in [6.07, 6.45) is 0.145. The summed E-state index contributed by atoms with van der Waals surface area (Å²) in [5.74, 6) is -1.48. The van der Waals surface area contributed by atoms with Crippen LogP contribution in [0, 0.1) is 5.82 Å². The first-order valence-corrected chi connectivity index (χ1v) is 4.35. The van der Waals surface area contributed by atoms with Crippen LogP contribution in [0.2, 0.25) is 0 Å².